The lowest BCUT2D eigenvalue weighted by Crippen LogP contribution is -1.91. The topological polar surface area (TPSA) is 36.0 Å². The number of rotatable bonds is 0. The van der Waals surface area contributed by atoms with Crippen molar-refractivity contribution >= 4 is 10.9 Å². The van der Waals surface area contributed by atoms with E-state index in [0.29, 0.717) is 0 Å². The molecule has 1 aromatic heterocycles. The fourth-order valence-corrected chi connectivity index (χ4v) is 2.68. The maximum absolute atomic E-state index is 9.96. The summed E-state index contributed by atoms with van der Waals surface area (Å²) in [7, 11) is 0. The van der Waals surface area contributed by atoms with E-state index in [-0.39, 0.29) is 6.10 Å². The van der Waals surface area contributed by atoms with Gasteiger partial charge in [0.1, 0.15) is 0 Å². The summed E-state index contributed by atoms with van der Waals surface area (Å²) in [6, 6.07) is 4.27. The first-order chi connectivity index (χ1) is 7.18. The molecule has 2 heteroatoms. The fourth-order valence-electron chi connectivity index (χ4n) is 2.68. The second-order valence-corrected chi connectivity index (χ2v) is 4.52. The van der Waals surface area contributed by atoms with Crippen molar-refractivity contribution in [2.45, 2.75) is 32.8 Å². The molecule has 0 radical (unpaired) electrons. The third-order valence-corrected chi connectivity index (χ3v) is 3.49. The van der Waals surface area contributed by atoms with Gasteiger partial charge in [-0.1, -0.05) is 12.1 Å². The first-order valence-corrected chi connectivity index (χ1v) is 5.47. The van der Waals surface area contributed by atoms with E-state index in [9.17, 15) is 5.11 Å². The Morgan fingerprint density at radius 1 is 1.27 bits per heavy atom. The average Bonchev–Trinajstić information content (AvgIpc) is 2.74. The number of H-pyrrole nitrogens is 1. The molecule has 0 spiro atoms. The largest absolute Gasteiger partial charge is 0.388 e. The van der Waals surface area contributed by atoms with Crippen molar-refractivity contribution in [1.29, 1.82) is 0 Å². The molecule has 0 fully saturated rings. The third-order valence-electron chi connectivity index (χ3n) is 3.49. The van der Waals surface area contributed by atoms with Gasteiger partial charge in [0.15, 0.2) is 0 Å². The Balaban J connectivity index is 2.46. The smallest absolute Gasteiger partial charge is 0.0817 e. The summed E-state index contributed by atoms with van der Waals surface area (Å²) in [4.78, 5) is 3.46. The summed E-state index contributed by atoms with van der Waals surface area (Å²) in [6.45, 7) is 4.22. The van der Waals surface area contributed by atoms with Gasteiger partial charge in [-0.15, -0.1) is 0 Å². The van der Waals surface area contributed by atoms with Crippen LogP contribution in [0.4, 0.5) is 0 Å². The highest BCUT2D eigenvalue weighted by molar-refractivity contribution is 5.91. The van der Waals surface area contributed by atoms with E-state index in [1.54, 1.807) is 0 Å². The molecule has 2 aromatic rings. The number of aromatic nitrogens is 1. The second-order valence-electron chi connectivity index (χ2n) is 4.52. The van der Waals surface area contributed by atoms with Crippen LogP contribution in [0.2, 0.25) is 0 Å². The van der Waals surface area contributed by atoms with Crippen LogP contribution in [-0.2, 0) is 6.42 Å². The highest BCUT2D eigenvalue weighted by Gasteiger charge is 2.26. The first kappa shape index (κ1) is 8.98. The molecule has 0 amide bonds. The maximum atomic E-state index is 9.96. The quantitative estimate of drug-likeness (QED) is 0.675. The normalized spacial score (nSPS) is 19.8. The van der Waals surface area contributed by atoms with Crippen LogP contribution in [0.15, 0.2) is 12.1 Å². The van der Waals surface area contributed by atoms with Crippen LogP contribution >= 0.6 is 0 Å². The van der Waals surface area contributed by atoms with Crippen molar-refractivity contribution < 1.29 is 5.11 Å². The fraction of sp³-hybridized carbons (Fsp3) is 0.385. The van der Waals surface area contributed by atoms with Crippen molar-refractivity contribution in [3.05, 3.63) is 34.5 Å². The van der Waals surface area contributed by atoms with E-state index in [2.05, 4.69) is 31.0 Å². The highest BCUT2D eigenvalue weighted by atomic mass is 16.3. The van der Waals surface area contributed by atoms with Gasteiger partial charge in [-0.3, -0.25) is 0 Å². The Morgan fingerprint density at radius 2 is 2.00 bits per heavy atom. The molecule has 78 valence electrons. The molecular weight excluding hydrogens is 186 g/mol. The van der Waals surface area contributed by atoms with Crippen LogP contribution < -0.4 is 0 Å². The van der Waals surface area contributed by atoms with Gasteiger partial charge in [-0.2, -0.15) is 0 Å². The molecule has 1 aliphatic rings. The van der Waals surface area contributed by atoms with Crippen molar-refractivity contribution in [1.82, 2.24) is 4.98 Å². The summed E-state index contributed by atoms with van der Waals surface area (Å²) in [6.07, 6.45) is 1.57. The molecule has 3 rings (SSSR count). The summed E-state index contributed by atoms with van der Waals surface area (Å²) in [5.41, 5.74) is 6.10. The minimum atomic E-state index is -0.269. The molecule has 0 aliphatic heterocycles. The molecular formula is C13H15NO. The number of hydrogen-bond acceptors (Lipinski definition) is 1. The van der Waals surface area contributed by atoms with Crippen LogP contribution in [-0.4, -0.2) is 10.1 Å². The molecule has 1 atom stereocenters. The highest BCUT2D eigenvalue weighted by Crippen LogP contribution is 2.39. The Labute approximate surface area is 88.9 Å². The van der Waals surface area contributed by atoms with Crippen LogP contribution in [0, 0.1) is 13.8 Å². The summed E-state index contributed by atoms with van der Waals surface area (Å²) < 4.78 is 0. The Kier molecular flexibility index (Phi) is 1.71. The molecule has 0 bridgehead atoms. The molecule has 1 heterocycles. The van der Waals surface area contributed by atoms with Gasteiger partial charge in [-0.05, 0) is 37.8 Å². The standard InChI is InChI=1S/C13H15NO/c1-7-3-4-8(2)13-11(7)12-9(14-13)5-6-10(12)15/h3-4,10,14-15H,5-6H2,1-2H3. The van der Waals surface area contributed by atoms with Gasteiger partial charge < -0.3 is 10.1 Å². The van der Waals surface area contributed by atoms with Gasteiger partial charge >= 0.3 is 0 Å². The number of aliphatic hydroxyl groups excluding tert-OH is 1. The van der Waals surface area contributed by atoms with Crippen molar-refractivity contribution in [3.63, 3.8) is 0 Å². The Bertz CT molecular complexity index is 539. The number of fused-ring (bicyclic) bond motifs is 3. The molecule has 15 heavy (non-hydrogen) atoms. The van der Waals surface area contributed by atoms with E-state index >= 15 is 0 Å². The van der Waals surface area contributed by atoms with E-state index in [0.717, 1.165) is 18.4 Å². The van der Waals surface area contributed by atoms with Crippen LogP contribution in [0.3, 0.4) is 0 Å². The summed E-state index contributed by atoms with van der Waals surface area (Å²) in [5.74, 6) is 0. The first-order valence-electron chi connectivity index (χ1n) is 5.47. The Hall–Kier alpha value is -1.28. The Morgan fingerprint density at radius 3 is 2.80 bits per heavy atom. The SMILES string of the molecule is Cc1ccc(C)c2c3c([nH]c12)CCC3O. The van der Waals surface area contributed by atoms with Gasteiger partial charge in [0, 0.05) is 22.2 Å². The van der Waals surface area contributed by atoms with Crippen molar-refractivity contribution in [2.75, 3.05) is 0 Å². The summed E-state index contributed by atoms with van der Waals surface area (Å²) in [5, 5.41) is 11.2. The van der Waals surface area contributed by atoms with Gasteiger partial charge in [0.05, 0.1) is 6.10 Å². The predicted octanol–water partition coefficient (Wildman–Crippen LogP) is 2.76. The van der Waals surface area contributed by atoms with E-state index in [4.69, 9.17) is 0 Å². The monoisotopic (exact) mass is 201 g/mol. The number of aromatic amines is 1. The second kappa shape index (κ2) is 2.86. The average molecular weight is 201 g/mol. The maximum Gasteiger partial charge on any atom is 0.0817 e. The molecule has 0 saturated carbocycles. The molecule has 2 nitrogen and oxygen atoms in total. The molecule has 1 aliphatic carbocycles. The lowest BCUT2D eigenvalue weighted by molar-refractivity contribution is 0.181. The van der Waals surface area contributed by atoms with Crippen molar-refractivity contribution in [2.24, 2.45) is 0 Å². The molecule has 1 aromatic carbocycles. The number of aliphatic hydroxyl groups is 1. The zero-order valence-corrected chi connectivity index (χ0v) is 9.09. The molecule has 2 N–H and O–H groups in total. The number of hydrogen-bond donors (Lipinski definition) is 2. The number of nitrogens with one attached hydrogen (secondary N) is 1. The zero-order chi connectivity index (χ0) is 10.6. The van der Waals surface area contributed by atoms with Gasteiger partial charge in [0.2, 0.25) is 0 Å². The van der Waals surface area contributed by atoms with Crippen molar-refractivity contribution in [3.8, 4) is 0 Å². The zero-order valence-electron chi connectivity index (χ0n) is 9.09. The van der Waals surface area contributed by atoms with Gasteiger partial charge in [0.25, 0.3) is 0 Å². The predicted molar refractivity (Wildman–Crippen MR) is 61.1 cm³/mol. The van der Waals surface area contributed by atoms with E-state index in [1.165, 1.54) is 27.7 Å². The lowest BCUT2D eigenvalue weighted by Gasteiger charge is -2.05. The minimum Gasteiger partial charge on any atom is -0.388 e. The summed E-state index contributed by atoms with van der Waals surface area (Å²) >= 11 is 0. The van der Waals surface area contributed by atoms with Crippen LogP contribution in [0.25, 0.3) is 10.9 Å². The molecule has 0 saturated heterocycles. The lowest BCUT2D eigenvalue weighted by atomic mass is 10.0. The number of aryl methyl sites for hydroxylation is 3. The minimum absolute atomic E-state index is 0.269. The van der Waals surface area contributed by atoms with Crippen LogP contribution in [0.1, 0.15) is 34.9 Å². The van der Waals surface area contributed by atoms with E-state index in [1.807, 2.05) is 0 Å². The number of benzene rings is 1. The molecule has 1 unspecified atom stereocenters. The van der Waals surface area contributed by atoms with E-state index < -0.39 is 0 Å². The van der Waals surface area contributed by atoms with Crippen LogP contribution in [0.5, 0.6) is 0 Å². The van der Waals surface area contributed by atoms with Gasteiger partial charge in [-0.25, -0.2) is 0 Å². The third kappa shape index (κ3) is 1.08.